The van der Waals surface area contributed by atoms with E-state index in [0.717, 1.165) is 19.5 Å². The third-order valence-electron chi connectivity index (χ3n) is 3.24. The van der Waals surface area contributed by atoms with Crippen LogP contribution in [0, 0.1) is 0 Å². The average molecular weight is 213 g/mol. The van der Waals surface area contributed by atoms with Crippen molar-refractivity contribution in [3.63, 3.8) is 0 Å². The smallest absolute Gasteiger partial charge is 0.0243 e. The van der Waals surface area contributed by atoms with Crippen molar-refractivity contribution in [3.05, 3.63) is 0 Å². The minimum Gasteiger partial charge on any atom is -0.330 e. The van der Waals surface area contributed by atoms with Crippen LogP contribution in [0.5, 0.6) is 0 Å². The van der Waals surface area contributed by atoms with Gasteiger partial charge in [0.05, 0.1) is 0 Å². The van der Waals surface area contributed by atoms with Crippen molar-refractivity contribution in [2.24, 2.45) is 5.73 Å². The Labute approximate surface area is 94.6 Å². The lowest BCUT2D eigenvalue weighted by Gasteiger charge is -2.51. The predicted octanol–water partition coefficient (Wildman–Crippen LogP) is 1.14. The second-order valence-electron chi connectivity index (χ2n) is 5.88. The third-order valence-corrected chi connectivity index (χ3v) is 3.24. The first-order chi connectivity index (χ1) is 6.86. The van der Waals surface area contributed by atoms with Crippen LogP contribution in [0.4, 0.5) is 0 Å². The van der Waals surface area contributed by atoms with Crippen LogP contribution in [-0.2, 0) is 0 Å². The van der Waals surface area contributed by atoms with Crippen LogP contribution in [-0.4, -0.2) is 54.1 Å². The minimum absolute atomic E-state index is 0.251. The van der Waals surface area contributed by atoms with Gasteiger partial charge in [0.2, 0.25) is 0 Å². The van der Waals surface area contributed by atoms with E-state index in [0.29, 0.717) is 12.1 Å². The summed E-state index contributed by atoms with van der Waals surface area (Å²) in [5.74, 6) is 0. The van der Waals surface area contributed by atoms with E-state index in [1.54, 1.807) is 0 Å². The van der Waals surface area contributed by atoms with Gasteiger partial charge in [0, 0.05) is 30.7 Å². The number of hydrogen-bond donors (Lipinski definition) is 1. The molecular formula is C12H27N3. The van der Waals surface area contributed by atoms with Crippen molar-refractivity contribution < 1.29 is 0 Å². The molecule has 15 heavy (non-hydrogen) atoms. The van der Waals surface area contributed by atoms with Crippen molar-refractivity contribution in [2.45, 2.75) is 51.7 Å². The molecule has 1 heterocycles. The highest BCUT2D eigenvalue weighted by molar-refractivity contribution is 4.93. The quantitative estimate of drug-likeness (QED) is 0.746. The van der Waals surface area contributed by atoms with Gasteiger partial charge in [-0.2, -0.15) is 0 Å². The lowest BCUT2D eigenvalue weighted by atomic mass is 9.95. The van der Waals surface area contributed by atoms with Gasteiger partial charge in [0.1, 0.15) is 0 Å². The molecule has 0 aliphatic carbocycles. The van der Waals surface area contributed by atoms with Crippen LogP contribution in [0.1, 0.15) is 34.1 Å². The van der Waals surface area contributed by atoms with Crippen molar-refractivity contribution in [1.29, 1.82) is 0 Å². The van der Waals surface area contributed by atoms with Gasteiger partial charge in [0.25, 0.3) is 0 Å². The van der Waals surface area contributed by atoms with Crippen LogP contribution in [0.2, 0.25) is 0 Å². The van der Waals surface area contributed by atoms with Crippen LogP contribution in [0.25, 0.3) is 0 Å². The van der Waals surface area contributed by atoms with E-state index < -0.39 is 0 Å². The first-order valence-corrected chi connectivity index (χ1v) is 6.03. The molecule has 0 bridgehead atoms. The van der Waals surface area contributed by atoms with Gasteiger partial charge >= 0.3 is 0 Å². The summed E-state index contributed by atoms with van der Waals surface area (Å²) < 4.78 is 0. The molecule has 0 saturated carbocycles. The average Bonchev–Trinajstić information content (AvgIpc) is 1.99. The first-order valence-electron chi connectivity index (χ1n) is 6.03. The minimum atomic E-state index is 0.251. The summed E-state index contributed by atoms with van der Waals surface area (Å²) in [4.78, 5) is 5.06. The van der Waals surface area contributed by atoms with Crippen molar-refractivity contribution in [1.82, 2.24) is 9.80 Å². The van der Waals surface area contributed by atoms with Gasteiger partial charge in [-0.15, -0.1) is 0 Å². The molecule has 0 aromatic carbocycles. The molecule has 2 N–H and O–H groups in total. The molecule has 0 aromatic rings. The van der Waals surface area contributed by atoms with E-state index in [9.17, 15) is 0 Å². The van der Waals surface area contributed by atoms with E-state index in [1.807, 2.05) is 0 Å². The number of nitrogens with two attached hydrogens (primary N) is 1. The predicted molar refractivity (Wildman–Crippen MR) is 66.0 cm³/mol. The number of nitrogens with zero attached hydrogens (tertiary/aromatic N) is 2. The number of likely N-dealkylation sites (N-methyl/N-ethyl adjacent to an activating group) is 1. The van der Waals surface area contributed by atoms with Gasteiger partial charge < -0.3 is 10.6 Å². The van der Waals surface area contributed by atoms with Crippen LogP contribution in [0.3, 0.4) is 0 Å². The second kappa shape index (κ2) is 4.81. The largest absolute Gasteiger partial charge is 0.330 e. The Morgan fingerprint density at radius 3 is 2.33 bits per heavy atom. The highest BCUT2D eigenvalue weighted by atomic mass is 15.3. The Morgan fingerprint density at radius 1 is 1.27 bits per heavy atom. The summed E-state index contributed by atoms with van der Waals surface area (Å²) in [6.07, 6.45) is 1.10. The van der Waals surface area contributed by atoms with Gasteiger partial charge in [-0.3, -0.25) is 4.90 Å². The number of hydrogen-bond acceptors (Lipinski definition) is 3. The third kappa shape index (κ3) is 3.16. The van der Waals surface area contributed by atoms with E-state index in [2.05, 4.69) is 44.5 Å². The first kappa shape index (κ1) is 12.9. The molecule has 90 valence electrons. The standard InChI is InChI=1S/C12H27N3/c1-10-8-14(5)9-11(6-7-13)15(10)12(2,3)4/h10-11H,6-9,13H2,1-5H3. The van der Waals surface area contributed by atoms with E-state index in [-0.39, 0.29) is 5.54 Å². The van der Waals surface area contributed by atoms with E-state index in [1.165, 1.54) is 6.54 Å². The molecule has 1 fully saturated rings. The maximum absolute atomic E-state index is 5.71. The number of piperazine rings is 1. The fourth-order valence-electron chi connectivity index (χ4n) is 3.05. The molecule has 3 nitrogen and oxygen atoms in total. The zero-order chi connectivity index (χ0) is 11.6. The molecule has 0 amide bonds. The molecule has 1 saturated heterocycles. The summed E-state index contributed by atoms with van der Waals surface area (Å²) in [7, 11) is 2.21. The van der Waals surface area contributed by atoms with Crippen molar-refractivity contribution in [2.75, 3.05) is 26.7 Å². The van der Waals surface area contributed by atoms with Gasteiger partial charge in [-0.25, -0.2) is 0 Å². The zero-order valence-electron chi connectivity index (χ0n) is 11.0. The van der Waals surface area contributed by atoms with Gasteiger partial charge in [-0.05, 0) is 47.7 Å². The Kier molecular flexibility index (Phi) is 4.15. The fourth-order valence-corrected chi connectivity index (χ4v) is 3.05. The summed E-state index contributed by atoms with van der Waals surface area (Å²) >= 11 is 0. The van der Waals surface area contributed by atoms with Crippen molar-refractivity contribution >= 4 is 0 Å². The second-order valence-corrected chi connectivity index (χ2v) is 5.88. The monoisotopic (exact) mass is 213 g/mol. The molecule has 0 radical (unpaired) electrons. The molecule has 2 unspecified atom stereocenters. The van der Waals surface area contributed by atoms with Gasteiger partial charge in [0.15, 0.2) is 0 Å². The van der Waals surface area contributed by atoms with Crippen LogP contribution >= 0.6 is 0 Å². The Balaban J connectivity index is 2.78. The van der Waals surface area contributed by atoms with E-state index >= 15 is 0 Å². The lowest BCUT2D eigenvalue weighted by Crippen LogP contribution is -2.62. The molecule has 3 heteroatoms. The molecule has 1 rings (SSSR count). The molecule has 0 spiro atoms. The maximum atomic E-state index is 5.71. The normalized spacial score (nSPS) is 30.8. The summed E-state index contributed by atoms with van der Waals surface area (Å²) in [5, 5.41) is 0. The van der Waals surface area contributed by atoms with E-state index in [4.69, 9.17) is 5.73 Å². The highest BCUT2D eigenvalue weighted by Crippen LogP contribution is 2.26. The van der Waals surface area contributed by atoms with Crippen molar-refractivity contribution in [3.8, 4) is 0 Å². The zero-order valence-corrected chi connectivity index (χ0v) is 11.0. The lowest BCUT2D eigenvalue weighted by molar-refractivity contribution is -0.0237. The number of rotatable bonds is 2. The molecular weight excluding hydrogens is 186 g/mol. The Bertz CT molecular complexity index is 198. The molecule has 1 aliphatic rings. The Morgan fingerprint density at radius 2 is 1.87 bits per heavy atom. The summed E-state index contributed by atoms with van der Waals surface area (Å²) in [6.45, 7) is 12.3. The van der Waals surface area contributed by atoms with Gasteiger partial charge in [-0.1, -0.05) is 0 Å². The molecule has 2 atom stereocenters. The highest BCUT2D eigenvalue weighted by Gasteiger charge is 2.36. The molecule has 0 aromatic heterocycles. The fraction of sp³-hybridized carbons (Fsp3) is 1.00. The maximum Gasteiger partial charge on any atom is 0.0243 e. The van der Waals surface area contributed by atoms with Crippen LogP contribution in [0.15, 0.2) is 0 Å². The topological polar surface area (TPSA) is 32.5 Å². The SMILES string of the molecule is CC1CN(C)CC(CCN)N1C(C)(C)C. The summed E-state index contributed by atoms with van der Waals surface area (Å²) in [5.41, 5.74) is 5.96. The Hall–Kier alpha value is -0.120. The molecule has 1 aliphatic heterocycles. The summed E-state index contributed by atoms with van der Waals surface area (Å²) in [6, 6.07) is 1.24. The van der Waals surface area contributed by atoms with Crippen LogP contribution < -0.4 is 5.73 Å².